The lowest BCUT2D eigenvalue weighted by Gasteiger charge is -2.34. The molecule has 2 unspecified atom stereocenters. The van der Waals surface area contributed by atoms with Gasteiger partial charge in [0.05, 0.1) is 7.11 Å². The minimum absolute atomic E-state index is 0.0637. The Morgan fingerprint density at radius 3 is 2.50 bits per heavy atom. The average molecular weight is 198 g/mol. The van der Waals surface area contributed by atoms with Crippen LogP contribution in [-0.2, 0) is 19.0 Å². The molecule has 4 nitrogen and oxygen atoms in total. The first-order chi connectivity index (χ1) is 6.69. The van der Waals surface area contributed by atoms with E-state index >= 15 is 0 Å². The molecule has 0 heterocycles. The van der Waals surface area contributed by atoms with Crippen LogP contribution in [0.4, 0.5) is 0 Å². The number of allylic oxidation sites excluding steroid dienone is 1. The Labute approximate surface area is 82.8 Å². The summed E-state index contributed by atoms with van der Waals surface area (Å²) < 4.78 is 15.9. The second-order valence-electron chi connectivity index (χ2n) is 3.64. The van der Waals surface area contributed by atoms with Crippen molar-refractivity contribution in [2.24, 2.45) is 11.8 Å². The Hall–Kier alpha value is -0.870. The first-order valence-corrected chi connectivity index (χ1v) is 4.60. The smallest absolute Gasteiger partial charge is 0.230 e. The normalized spacial score (nSPS) is 33.4. The Bertz CT molecular complexity index is 290. The van der Waals surface area contributed by atoms with E-state index in [1.807, 2.05) is 0 Å². The van der Waals surface area contributed by atoms with Crippen molar-refractivity contribution in [3.05, 3.63) is 11.8 Å². The van der Waals surface area contributed by atoms with Gasteiger partial charge >= 0.3 is 0 Å². The van der Waals surface area contributed by atoms with Crippen LogP contribution < -0.4 is 0 Å². The molecule has 0 bridgehead atoms. The van der Waals surface area contributed by atoms with Crippen LogP contribution in [-0.4, -0.2) is 32.9 Å². The number of methoxy groups -OCH3 is 3. The molecule has 4 heteroatoms. The van der Waals surface area contributed by atoms with Gasteiger partial charge in [-0.25, -0.2) is 0 Å². The molecule has 0 radical (unpaired) electrons. The minimum atomic E-state index is -0.840. The fourth-order valence-corrected chi connectivity index (χ4v) is 2.24. The highest BCUT2D eigenvalue weighted by atomic mass is 16.7. The van der Waals surface area contributed by atoms with Crippen molar-refractivity contribution in [2.45, 2.75) is 12.2 Å². The minimum Gasteiger partial charge on any atom is -0.495 e. The molecule has 1 saturated carbocycles. The number of carbonyl (C=O) groups excluding carboxylic acids is 1. The first-order valence-electron chi connectivity index (χ1n) is 4.60. The van der Waals surface area contributed by atoms with E-state index in [-0.39, 0.29) is 17.6 Å². The Kier molecular flexibility index (Phi) is 2.12. The molecular formula is C10H14O4. The summed E-state index contributed by atoms with van der Waals surface area (Å²) in [5, 5.41) is 0. The van der Waals surface area contributed by atoms with Gasteiger partial charge in [-0.05, 0) is 6.42 Å². The topological polar surface area (TPSA) is 44.8 Å². The van der Waals surface area contributed by atoms with E-state index < -0.39 is 5.79 Å². The summed E-state index contributed by atoms with van der Waals surface area (Å²) in [4.78, 5) is 11.5. The SMILES string of the molecule is COC1=CC(=O)C2CC2C1(OC)OC. The lowest BCUT2D eigenvalue weighted by Crippen LogP contribution is -2.43. The molecule has 0 aromatic heterocycles. The summed E-state index contributed by atoms with van der Waals surface area (Å²) >= 11 is 0. The highest BCUT2D eigenvalue weighted by Crippen LogP contribution is 2.54. The fraction of sp³-hybridized carbons (Fsp3) is 0.700. The molecule has 0 amide bonds. The zero-order valence-electron chi connectivity index (χ0n) is 8.57. The van der Waals surface area contributed by atoms with E-state index in [1.165, 1.54) is 13.2 Å². The molecule has 0 N–H and O–H groups in total. The molecule has 14 heavy (non-hydrogen) atoms. The van der Waals surface area contributed by atoms with Crippen LogP contribution in [0.2, 0.25) is 0 Å². The van der Waals surface area contributed by atoms with Crippen molar-refractivity contribution in [3.63, 3.8) is 0 Å². The van der Waals surface area contributed by atoms with Crippen LogP contribution in [0, 0.1) is 11.8 Å². The van der Waals surface area contributed by atoms with Crippen LogP contribution in [0.15, 0.2) is 11.8 Å². The molecule has 0 aromatic rings. The predicted molar refractivity (Wildman–Crippen MR) is 48.4 cm³/mol. The number of carbonyl (C=O) groups is 1. The van der Waals surface area contributed by atoms with Gasteiger partial charge in [-0.1, -0.05) is 0 Å². The zero-order valence-corrected chi connectivity index (χ0v) is 8.57. The molecule has 2 atom stereocenters. The largest absolute Gasteiger partial charge is 0.495 e. The van der Waals surface area contributed by atoms with Gasteiger partial charge in [0.2, 0.25) is 5.79 Å². The molecule has 0 aromatic carbocycles. The summed E-state index contributed by atoms with van der Waals surface area (Å²) in [5.41, 5.74) is 0. The maximum absolute atomic E-state index is 11.5. The second-order valence-corrected chi connectivity index (χ2v) is 3.64. The zero-order chi connectivity index (χ0) is 10.3. The summed E-state index contributed by atoms with van der Waals surface area (Å²) in [7, 11) is 4.66. The van der Waals surface area contributed by atoms with Crippen molar-refractivity contribution in [3.8, 4) is 0 Å². The van der Waals surface area contributed by atoms with Gasteiger partial charge in [0.1, 0.15) is 0 Å². The van der Waals surface area contributed by atoms with Crippen LogP contribution in [0.25, 0.3) is 0 Å². The van der Waals surface area contributed by atoms with Crippen LogP contribution in [0.1, 0.15) is 6.42 Å². The van der Waals surface area contributed by atoms with Gasteiger partial charge in [-0.15, -0.1) is 0 Å². The predicted octanol–water partition coefficient (Wildman–Crippen LogP) is 0.725. The quantitative estimate of drug-likeness (QED) is 0.627. The molecule has 0 saturated heterocycles. The molecule has 0 spiro atoms. The van der Waals surface area contributed by atoms with E-state index in [4.69, 9.17) is 14.2 Å². The summed E-state index contributed by atoms with van der Waals surface area (Å²) in [6.45, 7) is 0. The maximum Gasteiger partial charge on any atom is 0.230 e. The third-order valence-electron chi connectivity index (χ3n) is 3.09. The van der Waals surface area contributed by atoms with Gasteiger partial charge in [0, 0.05) is 32.1 Å². The first kappa shape index (κ1) is 9.68. The van der Waals surface area contributed by atoms with E-state index in [0.29, 0.717) is 5.76 Å². The summed E-state index contributed by atoms with van der Waals surface area (Å²) in [6.07, 6.45) is 2.31. The van der Waals surface area contributed by atoms with Crippen molar-refractivity contribution in [1.29, 1.82) is 0 Å². The van der Waals surface area contributed by atoms with Crippen molar-refractivity contribution in [1.82, 2.24) is 0 Å². The Morgan fingerprint density at radius 1 is 1.36 bits per heavy atom. The van der Waals surface area contributed by atoms with Crippen LogP contribution in [0.3, 0.4) is 0 Å². The van der Waals surface area contributed by atoms with Gasteiger partial charge < -0.3 is 14.2 Å². The highest BCUT2D eigenvalue weighted by molar-refractivity contribution is 5.96. The van der Waals surface area contributed by atoms with E-state index in [1.54, 1.807) is 14.2 Å². The van der Waals surface area contributed by atoms with E-state index in [0.717, 1.165) is 6.42 Å². The molecule has 1 fully saturated rings. The van der Waals surface area contributed by atoms with Gasteiger partial charge in [-0.3, -0.25) is 4.79 Å². The van der Waals surface area contributed by atoms with Gasteiger partial charge in [0.15, 0.2) is 11.5 Å². The van der Waals surface area contributed by atoms with E-state index in [9.17, 15) is 4.79 Å². The van der Waals surface area contributed by atoms with Crippen LogP contribution in [0.5, 0.6) is 0 Å². The average Bonchev–Trinajstić information content (AvgIpc) is 2.99. The number of hydrogen-bond donors (Lipinski definition) is 0. The summed E-state index contributed by atoms with van der Waals surface area (Å²) in [5.74, 6) is -0.0607. The second kappa shape index (κ2) is 3.07. The third-order valence-corrected chi connectivity index (χ3v) is 3.09. The summed E-state index contributed by atoms with van der Waals surface area (Å²) in [6, 6.07) is 0. The molecule has 2 aliphatic rings. The van der Waals surface area contributed by atoms with Crippen molar-refractivity contribution >= 4 is 5.78 Å². The fourth-order valence-electron chi connectivity index (χ4n) is 2.24. The third kappa shape index (κ3) is 1.04. The molecular weight excluding hydrogens is 184 g/mol. The Balaban J connectivity index is 2.38. The monoisotopic (exact) mass is 198 g/mol. The van der Waals surface area contributed by atoms with E-state index in [2.05, 4.69) is 0 Å². The molecule has 2 aliphatic carbocycles. The number of ether oxygens (including phenoxy) is 3. The van der Waals surface area contributed by atoms with Gasteiger partial charge in [0.25, 0.3) is 0 Å². The standard InChI is InChI=1S/C10H14O4/c1-12-9-5-8(11)6-4-7(6)10(9,13-2)14-3/h5-7H,4H2,1-3H3. The molecule has 0 aliphatic heterocycles. The lowest BCUT2D eigenvalue weighted by molar-refractivity contribution is -0.218. The van der Waals surface area contributed by atoms with Gasteiger partial charge in [-0.2, -0.15) is 0 Å². The molecule has 2 rings (SSSR count). The van der Waals surface area contributed by atoms with Crippen molar-refractivity contribution < 1.29 is 19.0 Å². The lowest BCUT2D eigenvalue weighted by atomic mass is 9.98. The number of rotatable bonds is 3. The number of hydrogen-bond acceptors (Lipinski definition) is 4. The Morgan fingerprint density at radius 2 is 2.00 bits per heavy atom. The van der Waals surface area contributed by atoms with Crippen LogP contribution >= 0.6 is 0 Å². The number of fused-ring (bicyclic) bond motifs is 1. The maximum atomic E-state index is 11.5. The van der Waals surface area contributed by atoms with Crippen molar-refractivity contribution in [2.75, 3.05) is 21.3 Å². The number of ketones is 1. The highest BCUT2D eigenvalue weighted by Gasteiger charge is 2.62. The molecule has 78 valence electrons.